The van der Waals surface area contributed by atoms with Crippen molar-refractivity contribution in [3.05, 3.63) is 57.8 Å². The smallest absolute Gasteiger partial charge is 0.278 e. The molecule has 3 nitrogen and oxygen atoms in total. The van der Waals surface area contributed by atoms with Crippen molar-refractivity contribution >= 4 is 17.2 Å². The lowest BCUT2D eigenvalue weighted by atomic mass is 9.95. The van der Waals surface area contributed by atoms with Crippen LogP contribution in [-0.2, 0) is 4.79 Å². The average molecular weight is 358 g/mol. The van der Waals surface area contributed by atoms with E-state index in [-0.39, 0.29) is 18.0 Å². The molecule has 25 heavy (non-hydrogen) atoms. The Kier molecular flexibility index (Phi) is 5.92. The second-order valence-electron chi connectivity index (χ2n) is 7.23. The lowest BCUT2D eigenvalue weighted by Gasteiger charge is -2.20. The quantitative estimate of drug-likeness (QED) is 0.745. The van der Waals surface area contributed by atoms with Gasteiger partial charge in [-0.25, -0.2) is 0 Å². The summed E-state index contributed by atoms with van der Waals surface area (Å²) >= 11 is 1.76. The summed E-state index contributed by atoms with van der Waals surface area (Å²) < 4.78 is 0. The van der Waals surface area contributed by atoms with Crippen LogP contribution in [0.15, 0.2) is 41.8 Å². The molecule has 1 fully saturated rings. The standard InChI is InChI=1S/C21H28N2OS/c1-4-14(2)16-7-9-17(10-8-16)20(19-6-5-13-25-19)22-15(3)21(24)23-18-11-12-18/h5-10,13-15,18,20,22H,4,11-12H2,1-3H3,(H,23,24)/p+1/t14-,15-,20+/m0/s1. The van der Waals surface area contributed by atoms with Crippen LogP contribution in [0.3, 0.4) is 0 Å². The number of hydrogen-bond acceptors (Lipinski definition) is 2. The predicted octanol–water partition coefficient (Wildman–Crippen LogP) is 3.58. The number of carbonyl (C=O) groups excluding carboxylic acids is 1. The third-order valence-electron chi connectivity index (χ3n) is 5.15. The predicted molar refractivity (Wildman–Crippen MR) is 104 cm³/mol. The zero-order chi connectivity index (χ0) is 17.8. The summed E-state index contributed by atoms with van der Waals surface area (Å²) in [5.74, 6) is 0.738. The van der Waals surface area contributed by atoms with E-state index in [0.29, 0.717) is 12.0 Å². The molecular weight excluding hydrogens is 328 g/mol. The van der Waals surface area contributed by atoms with Crippen molar-refractivity contribution < 1.29 is 10.1 Å². The van der Waals surface area contributed by atoms with E-state index in [1.807, 2.05) is 6.92 Å². The van der Waals surface area contributed by atoms with Gasteiger partial charge in [0, 0.05) is 11.6 Å². The van der Waals surface area contributed by atoms with E-state index in [4.69, 9.17) is 0 Å². The van der Waals surface area contributed by atoms with Gasteiger partial charge in [-0.05, 0) is 49.1 Å². The van der Waals surface area contributed by atoms with E-state index in [0.717, 1.165) is 19.3 Å². The highest BCUT2D eigenvalue weighted by Gasteiger charge is 2.30. The first-order valence-electron chi connectivity index (χ1n) is 9.37. The fourth-order valence-electron chi connectivity index (χ4n) is 3.04. The van der Waals surface area contributed by atoms with Crippen molar-refractivity contribution in [3.63, 3.8) is 0 Å². The molecule has 4 heteroatoms. The number of nitrogens with two attached hydrogens (primary N) is 1. The third kappa shape index (κ3) is 4.71. The molecule has 0 aliphatic heterocycles. The molecule has 3 N–H and O–H groups in total. The minimum absolute atomic E-state index is 0.0954. The SMILES string of the molecule is CC[C@H](C)c1ccc([C@@H]([NH2+][C@@H](C)C(=O)NC2CC2)c2cccs2)cc1. The lowest BCUT2D eigenvalue weighted by molar-refractivity contribution is -0.704. The minimum Gasteiger partial charge on any atom is -0.348 e. The highest BCUT2D eigenvalue weighted by molar-refractivity contribution is 7.10. The van der Waals surface area contributed by atoms with Crippen LogP contribution in [0.2, 0.25) is 0 Å². The number of nitrogens with one attached hydrogen (secondary N) is 1. The molecule has 2 aromatic rings. The van der Waals surface area contributed by atoms with Crippen LogP contribution in [0, 0.1) is 0 Å². The molecule has 1 aromatic heterocycles. The Hall–Kier alpha value is -1.65. The largest absolute Gasteiger partial charge is 0.348 e. The molecule has 1 saturated carbocycles. The van der Waals surface area contributed by atoms with Crippen LogP contribution in [0.5, 0.6) is 0 Å². The van der Waals surface area contributed by atoms with E-state index in [1.165, 1.54) is 16.0 Å². The summed E-state index contributed by atoms with van der Waals surface area (Å²) in [6.07, 6.45) is 3.41. The fraction of sp³-hybridized carbons (Fsp3) is 0.476. The monoisotopic (exact) mass is 357 g/mol. The topological polar surface area (TPSA) is 45.7 Å². The summed E-state index contributed by atoms with van der Waals surface area (Å²) in [5.41, 5.74) is 2.65. The highest BCUT2D eigenvalue weighted by Crippen LogP contribution is 2.26. The summed E-state index contributed by atoms with van der Waals surface area (Å²) in [6, 6.07) is 13.7. The molecule has 3 rings (SSSR count). The Bertz CT molecular complexity index is 676. The summed E-state index contributed by atoms with van der Waals surface area (Å²) in [7, 11) is 0. The number of hydrogen-bond donors (Lipinski definition) is 2. The van der Waals surface area contributed by atoms with E-state index in [1.54, 1.807) is 11.3 Å². The van der Waals surface area contributed by atoms with E-state index < -0.39 is 0 Å². The lowest BCUT2D eigenvalue weighted by Crippen LogP contribution is -2.92. The third-order valence-corrected chi connectivity index (χ3v) is 6.10. The number of thiophene rings is 1. The number of rotatable bonds is 8. The molecule has 3 atom stereocenters. The summed E-state index contributed by atoms with van der Waals surface area (Å²) in [5, 5.41) is 7.43. The van der Waals surface area contributed by atoms with Gasteiger partial charge in [0.05, 0.1) is 4.88 Å². The first-order chi connectivity index (χ1) is 12.1. The maximum atomic E-state index is 12.4. The minimum atomic E-state index is -0.0954. The molecule has 1 aliphatic rings. The van der Waals surface area contributed by atoms with Crippen molar-refractivity contribution in [2.75, 3.05) is 0 Å². The van der Waals surface area contributed by atoms with Gasteiger partial charge < -0.3 is 10.6 Å². The van der Waals surface area contributed by atoms with Crippen LogP contribution in [0.25, 0.3) is 0 Å². The average Bonchev–Trinajstić information content (AvgIpc) is 3.28. The molecule has 1 amide bonds. The van der Waals surface area contributed by atoms with Crippen LogP contribution in [0.1, 0.15) is 68.0 Å². The molecule has 0 spiro atoms. The molecule has 1 heterocycles. The van der Waals surface area contributed by atoms with Gasteiger partial charge in [0.2, 0.25) is 0 Å². The van der Waals surface area contributed by atoms with Gasteiger partial charge in [0.15, 0.2) is 6.04 Å². The fourth-order valence-corrected chi connectivity index (χ4v) is 3.88. The van der Waals surface area contributed by atoms with Crippen LogP contribution >= 0.6 is 11.3 Å². The second-order valence-corrected chi connectivity index (χ2v) is 8.21. The van der Waals surface area contributed by atoms with Gasteiger partial charge in [-0.1, -0.05) is 44.2 Å². The molecule has 0 radical (unpaired) electrons. The molecule has 0 unspecified atom stereocenters. The zero-order valence-electron chi connectivity index (χ0n) is 15.4. The van der Waals surface area contributed by atoms with Gasteiger partial charge in [0.25, 0.3) is 5.91 Å². The number of benzene rings is 1. The summed E-state index contributed by atoms with van der Waals surface area (Å²) in [4.78, 5) is 13.7. The van der Waals surface area contributed by atoms with Gasteiger partial charge in [-0.15, -0.1) is 11.3 Å². The number of quaternary nitrogens is 1. The Morgan fingerprint density at radius 2 is 1.88 bits per heavy atom. The van der Waals surface area contributed by atoms with Crippen LogP contribution in [0.4, 0.5) is 0 Å². The van der Waals surface area contributed by atoms with Crippen molar-refractivity contribution in [1.29, 1.82) is 0 Å². The Morgan fingerprint density at radius 1 is 1.20 bits per heavy atom. The molecule has 1 aliphatic carbocycles. The summed E-state index contributed by atoms with van der Waals surface area (Å²) in [6.45, 7) is 6.50. The van der Waals surface area contributed by atoms with Crippen molar-refractivity contribution in [2.24, 2.45) is 0 Å². The van der Waals surface area contributed by atoms with E-state index >= 15 is 0 Å². The van der Waals surface area contributed by atoms with Gasteiger partial charge in [0.1, 0.15) is 6.04 Å². The maximum Gasteiger partial charge on any atom is 0.278 e. The van der Waals surface area contributed by atoms with Crippen molar-refractivity contribution in [2.45, 2.75) is 64.1 Å². The number of amides is 1. The van der Waals surface area contributed by atoms with Crippen LogP contribution in [-0.4, -0.2) is 18.0 Å². The van der Waals surface area contributed by atoms with Crippen LogP contribution < -0.4 is 10.6 Å². The van der Waals surface area contributed by atoms with Gasteiger partial charge in [-0.2, -0.15) is 0 Å². The first kappa shape index (κ1) is 18.2. The molecule has 134 valence electrons. The molecule has 0 saturated heterocycles. The first-order valence-corrected chi connectivity index (χ1v) is 10.2. The maximum absolute atomic E-state index is 12.4. The van der Waals surface area contributed by atoms with E-state index in [2.05, 4.69) is 66.3 Å². The molecule has 0 bridgehead atoms. The Morgan fingerprint density at radius 3 is 2.44 bits per heavy atom. The zero-order valence-corrected chi connectivity index (χ0v) is 16.2. The molecular formula is C21H29N2OS+. The van der Waals surface area contributed by atoms with Gasteiger partial charge >= 0.3 is 0 Å². The Labute approximate surface area is 154 Å². The second kappa shape index (κ2) is 8.15. The van der Waals surface area contributed by atoms with Gasteiger partial charge in [-0.3, -0.25) is 4.79 Å². The van der Waals surface area contributed by atoms with E-state index in [9.17, 15) is 4.79 Å². The Balaban J connectivity index is 1.76. The van der Waals surface area contributed by atoms with Crippen molar-refractivity contribution in [1.82, 2.24) is 5.32 Å². The number of carbonyl (C=O) groups is 1. The highest BCUT2D eigenvalue weighted by atomic mass is 32.1. The normalized spacial score (nSPS) is 17.7. The molecule has 1 aromatic carbocycles. The van der Waals surface area contributed by atoms with Crippen molar-refractivity contribution in [3.8, 4) is 0 Å².